The second-order valence-electron chi connectivity index (χ2n) is 6.00. The van der Waals surface area contributed by atoms with Crippen LogP contribution in [0.5, 0.6) is 0 Å². The molecule has 0 unspecified atom stereocenters. The quantitative estimate of drug-likeness (QED) is 0.866. The van der Waals surface area contributed by atoms with Crippen molar-refractivity contribution in [3.8, 4) is 0 Å². The minimum Gasteiger partial charge on any atom is -0.319 e. The molecule has 1 aliphatic rings. The van der Waals surface area contributed by atoms with Gasteiger partial charge in [0.05, 0.1) is 17.1 Å². The molecule has 2 amide bonds. The van der Waals surface area contributed by atoms with Gasteiger partial charge in [0.2, 0.25) is 5.91 Å². The van der Waals surface area contributed by atoms with Crippen LogP contribution in [-0.2, 0) is 11.8 Å². The minimum absolute atomic E-state index is 0.0595. The van der Waals surface area contributed by atoms with Crippen LogP contribution in [0, 0.1) is 0 Å². The molecule has 0 fully saturated rings. The van der Waals surface area contributed by atoms with Gasteiger partial charge < -0.3 is 5.32 Å². The predicted molar refractivity (Wildman–Crippen MR) is 94.2 cm³/mol. The van der Waals surface area contributed by atoms with E-state index in [0.717, 1.165) is 0 Å². The van der Waals surface area contributed by atoms with Gasteiger partial charge in [-0.05, 0) is 18.1 Å². The zero-order valence-electron chi connectivity index (χ0n) is 13.8. The zero-order valence-corrected chi connectivity index (χ0v) is 14.6. The van der Waals surface area contributed by atoms with Crippen molar-refractivity contribution < 1.29 is 9.59 Å². The number of halogens is 1. The van der Waals surface area contributed by atoms with Crippen molar-refractivity contribution in [2.24, 2.45) is 7.05 Å². The highest BCUT2D eigenvalue weighted by Gasteiger charge is 2.35. The lowest BCUT2D eigenvalue weighted by atomic mass is 10.1. The third-order valence-corrected chi connectivity index (χ3v) is 4.17. The summed E-state index contributed by atoms with van der Waals surface area (Å²) in [6.45, 7) is 3.98. The fourth-order valence-corrected chi connectivity index (χ4v) is 3.09. The second-order valence-corrected chi connectivity index (χ2v) is 6.38. The van der Waals surface area contributed by atoms with E-state index < -0.39 is 0 Å². The minimum atomic E-state index is -0.277. The Labute approximate surface area is 145 Å². The number of rotatable bonds is 3. The molecule has 0 bridgehead atoms. The number of amides is 2. The van der Waals surface area contributed by atoms with Crippen LogP contribution in [0.2, 0.25) is 0 Å². The number of hydrogen-bond acceptors (Lipinski definition) is 3. The lowest BCUT2D eigenvalue weighted by Crippen LogP contribution is -2.27. The number of benzene rings is 1. The maximum Gasteiger partial charge on any atom is 0.276 e. The first-order chi connectivity index (χ1) is 11.5. The average molecular weight is 347 g/mol. The van der Waals surface area contributed by atoms with Gasteiger partial charge >= 0.3 is 0 Å². The summed E-state index contributed by atoms with van der Waals surface area (Å²) in [5.41, 5.74) is 2.86. The third-order valence-electron chi connectivity index (χ3n) is 3.98. The van der Waals surface area contributed by atoms with Crippen molar-refractivity contribution in [1.82, 2.24) is 9.78 Å². The summed E-state index contributed by atoms with van der Waals surface area (Å²) in [4.78, 5) is 27.1. The highest BCUT2D eigenvalue weighted by Crippen LogP contribution is 2.41. The molecule has 2 aromatic rings. The molecule has 7 heteroatoms. The average Bonchev–Trinajstić information content (AvgIpc) is 2.80. The molecule has 1 aromatic heterocycles. The van der Waals surface area contributed by atoms with Crippen molar-refractivity contribution in [1.29, 1.82) is 0 Å². The highest BCUT2D eigenvalue weighted by atomic mass is 35.5. The SMILES string of the molecule is CC(C)c1nn(C)c2c1N(C(=O)CCCl)c1ccccc1NC2=O. The first kappa shape index (κ1) is 16.5. The van der Waals surface area contributed by atoms with Crippen molar-refractivity contribution >= 4 is 40.5 Å². The number of aryl methyl sites for hydroxylation is 1. The van der Waals surface area contributed by atoms with E-state index in [1.165, 1.54) is 4.68 Å². The summed E-state index contributed by atoms with van der Waals surface area (Å²) in [5, 5.41) is 7.35. The van der Waals surface area contributed by atoms with Crippen LogP contribution >= 0.6 is 11.6 Å². The number of fused-ring (bicyclic) bond motifs is 2. The van der Waals surface area contributed by atoms with Gasteiger partial charge in [-0.25, -0.2) is 0 Å². The van der Waals surface area contributed by atoms with Crippen LogP contribution in [0.25, 0.3) is 0 Å². The predicted octanol–water partition coefficient (Wildman–Crippen LogP) is 3.40. The van der Waals surface area contributed by atoms with Gasteiger partial charge in [0, 0.05) is 19.3 Å². The standard InChI is InChI=1S/C17H19ClN4O2/c1-10(2)14-15-16(21(3)20-14)17(24)19-11-6-4-5-7-12(11)22(15)13(23)8-9-18/h4-7,10H,8-9H2,1-3H3,(H,19,24). The van der Waals surface area contributed by atoms with Crippen LogP contribution in [0.4, 0.5) is 17.1 Å². The van der Waals surface area contributed by atoms with Crippen LogP contribution in [0.3, 0.4) is 0 Å². The van der Waals surface area contributed by atoms with Crippen molar-refractivity contribution in [2.45, 2.75) is 26.2 Å². The Bertz CT molecular complexity index is 813. The summed E-state index contributed by atoms with van der Waals surface area (Å²) >= 11 is 5.80. The van der Waals surface area contributed by atoms with Gasteiger partial charge in [0.15, 0.2) is 5.69 Å². The van der Waals surface area contributed by atoms with Crippen molar-refractivity contribution in [3.63, 3.8) is 0 Å². The fraction of sp³-hybridized carbons (Fsp3) is 0.353. The molecule has 3 rings (SSSR count). The number of para-hydroxylation sites is 2. The van der Waals surface area contributed by atoms with Gasteiger partial charge in [-0.2, -0.15) is 5.10 Å². The number of hydrogen-bond donors (Lipinski definition) is 1. The molecule has 24 heavy (non-hydrogen) atoms. The van der Waals surface area contributed by atoms with Crippen LogP contribution in [-0.4, -0.2) is 27.5 Å². The summed E-state index contributed by atoms with van der Waals surface area (Å²) in [6.07, 6.45) is 0.177. The van der Waals surface area contributed by atoms with E-state index >= 15 is 0 Å². The summed E-state index contributed by atoms with van der Waals surface area (Å²) < 4.78 is 1.53. The molecule has 1 N–H and O–H groups in total. The summed E-state index contributed by atoms with van der Waals surface area (Å²) in [5.74, 6) is -0.166. The highest BCUT2D eigenvalue weighted by molar-refractivity contribution is 6.21. The van der Waals surface area contributed by atoms with E-state index in [2.05, 4.69) is 10.4 Å². The van der Waals surface area contributed by atoms with Crippen LogP contribution < -0.4 is 10.2 Å². The molecule has 0 saturated carbocycles. The van der Waals surface area contributed by atoms with Gasteiger partial charge in [0.25, 0.3) is 5.91 Å². The number of nitrogens with zero attached hydrogens (tertiary/aromatic N) is 3. The largest absolute Gasteiger partial charge is 0.319 e. The molecule has 0 aliphatic carbocycles. The Balaban J connectivity index is 2.32. The van der Waals surface area contributed by atoms with Crippen LogP contribution in [0.1, 0.15) is 42.4 Å². The fourth-order valence-electron chi connectivity index (χ4n) is 2.93. The Hall–Kier alpha value is -2.34. The number of nitrogens with one attached hydrogen (secondary N) is 1. The maximum atomic E-state index is 12.8. The molecule has 6 nitrogen and oxygen atoms in total. The van der Waals surface area contributed by atoms with Gasteiger partial charge in [-0.3, -0.25) is 19.2 Å². The molecule has 1 aromatic carbocycles. The molecular formula is C17H19ClN4O2. The van der Waals surface area contributed by atoms with E-state index in [1.807, 2.05) is 32.0 Å². The molecular weight excluding hydrogens is 328 g/mol. The van der Waals surface area contributed by atoms with E-state index in [9.17, 15) is 9.59 Å². The molecule has 126 valence electrons. The maximum absolute atomic E-state index is 12.8. The molecule has 0 atom stereocenters. The van der Waals surface area contributed by atoms with E-state index in [0.29, 0.717) is 28.5 Å². The Morgan fingerprint density at radius 1 is 1.33 bits per heavy atom. The lowest BCUT2D eigenvalue weighted by molar-refractivity contribution is -0.117. The van der Waals surface area contributed by atoms with Gasteiger partial charge in [0.1, 0.15) is 5.69 Å². The topological polar surface area (TPSA) is 67.2 Å². The van der Waals surface area contributed by atoms with Gasteiger partial charge in [-0.1, -0.05) is 26.0 Å². The second kappa shape index (κ2) is 6.28. The zero-order chi connectivity index (χ0) is 17.4. The normalized spacial score (nSPS) is 13.4. The number of carbonyl (C=O) groups excluding carboxylic acids is 2. The molecule has 0 saturated heterocycles. The molecule has 0 radical (unpaired) electrons. The lowest BCUT2D eigenvalue weighted by Gasteiger charge is -2.24. The third kappa shape index (κ3) is 2.57. The monoisotopic (exact) mass is 346 g/mol. The first-order valence-corrected chi connectivity index (χ1v) is 8.35. The van der Waals surface area contributed by atoms with Gasteiger partial charge in [-0.15, -0.1) is 11.6 Å². The van der Waals surface area contributed by atoms with Crippen molar-refractivity contribution in [2.75, 3.05) is 16.1 Å². The smallest absolute Gasteiger partial charge is 0.276 e. The van der Waals surface area contributed by atoms with E-state index in [-0.39, 0.29) is 30.0 Å². The first-order valence-electron chi connectivity index (χ1n) is 7.82. The molecule has 0 spiro atoms. The number of aromatic nitrogens is 2. The molecule has 1 aliphatic heterocycles. The molecule has 2 heterocycles. The Kier molecular flexibility index (Phi) is 4.32. The van der Waals surface area contributed by atoms with E-state index in [4.69, 9.17) is 11.6 Å². The number of carbonyl (C=O) groups is 2. The van der Waals surface area contributed by atoms with Crippen LogP contribution in [0.15, 0.2) is 24.3 Å². The van der Waals surface area contributed by atoms with Crippen molar-refractivity contribution in [3.05, 3.63) is 35.7 Å². The number of alkyl halides is 1. The summed E-state index contributed by atoms with van der Waals surface area (Å²) in [7, 11) is 1.71. The Morgan fingerprint density at radius 2 is 2.04 bits per heavy atom. The number of anilines is 3. The summed E-state index contributed by atoms with van der Waals surface area (Å²) in [6, 6.07) is 7.25. The Morgan fingerprint density at radius 3 is 2.71 bits per heavy atom. The van der Waals surface area contributed by atoms with E-state index in [1.54, 1.807) is 18.0 Å².